The van der Waals surface area contributed by atoms with Gasteiger partial charge in [0.1, 0.15) is 0 Å². The van der Waals surface area contributed by atoms with Gasteiger partial charge in [-0.15, -0.1) is 0 Å². The number of allylic oxidation sites excluding steroid dienone is 4. The summed E-state index contributed by atoms with van der Waals surface area (Å²) in [6.07, 6.45) is 8.23. The quantitative estimate of drug-likeness (QED) is 0.401. The van der Waals surface area contributed by atoms with E-state index in [2.05, 4.69) is 24.3 Å². The van der Waals surface area contributed by atoms with Gasteiger partial charge in [-0.3, -0.25) is 0 Å². The Morgan fingerprint density at radius 3 is 0.893 bits per heavy atom. The fourth-order valence-corrected chi connectivity index (χ4v) is 22.0. The highest BCUT2D eigenvalue weighted by molar-refractivity contribution is 6.90. The van der Waals surface area contributed by atoms with Crippen LogP contribution in [0.1, 0.15) is 27.7 Å². The van der Waals surface area contributed by atoms with Crippen LogP contribution in [-0.2, 0) is 34.2 Å². The van der Waals surface area contributed by atoms with Gasteiger partial charge in [-0.1, -0.05) is 24.3 Å². The van der Waals surface area contributed by atoms with E-state index < -0.39 is 35.2 Å². The fourth-order valence-electron chi connectivity index (χ4n) is 3.63. The number of fused-ring (bicyclic) bond motifs is 4. The molecule has 0 amide bonds. The van der Waals surface area contributed by atoms with Crippen molar-refractivity contribution in [1.82, 2.24) is 0 Å². The Bertz CT molecular complexity index is 501. The second kappa shape index (κ2) is 9.45. The van der Waals surface area contributed by atoms with Crippen LogP contribution in [0.5, 0.6) is 0 Å². The fraction of sp³-hybridized carbons (Fsp3) is 0.750. The molecule has 0 aromatic carbocycles. The lowest BCUT2D eigenvalue weighted by Crippen LogP contribution is -2.72. The molecule has 3 aliphatic rings. The summed E-state index contributed by atoms with van der Waals surface area (Å²) in [6.45, 7) is 9.63. The summed E-state index contributed by atoms with van der Waals surface area (Å²) >= 11 is 0. The molecule has 4 bridgehead atoms. The van der Waals surface area contributed by atoms with Gasteiger partial charge >= 0.3 is 35.2 Å². The molecule has 0 aromatic rings. The molecule has 3 rings (SSSR count). The minimum atomic E-state index is -3.17. The minimum Gasteiger partial charge on any atom is -0.374 e. The highest BCUT2D eigenvalue weighted by Crippen LogP contribution is 2.41. The molecule has 0 spiro atoms. The second-order valence-electron chi connectivity index (χ2n) is 6.63. The lowest BCUT2D eigenvalue weighted by atomic mass is 10.6. The Kier molecular flexibility index (Phi) is 7.66. The van der Waals surface area contributed by atoms with E-state index >= 15 is 0 Å². The number of hydrogen-bond acceptors (Lipinski definition) is 8. The van der Waals surface area contributed by atoms with Crippen LogP contribution in [-0.4, -0.2) is 61.6 Å². The van der Waals surface area contributed by atoms with Gasteiger partial charge in [0, 0.05) is 50.6 Å². The second-order valence-corrected chi connectivity index (χ2v) is 18.1. The van der Waals surface area contributed by atoms with Crippen molar-refractivity contribution in [3.05, 3.63) is 24.3 Å². The summed E-state index contributed by atoms with van der Waals surface area (Å²) in [6, 6.07) is 2.18. The molecule has 0 atom stereocenters. The molecule has 0 saturated carbocycles. The Morgan fingerprint density at radius 1 is 0.500 bits per heavy atom. The highest BCUT2D eigenvalue weighted by atomic mass is 28.6. The predicted molar refractivity (Wildman–Crippen MR) is 111 cm³/mol. The third-order valence-corrected chi connectivity index (χ3v) is 20.3. The topological polar surface area (TPSA) is 73.8 Å². The van der Waals surface area contributed by atoms with Gasteiger partial charge < -0.3 is 34.2 Å². The van der Waals surface area contributed by atoms with Crippen molar-refractivity contribution in [2.45, 2.75) is 51.9 Å². The van der Waals surface area contributed by atoms with E-state index in [1.165, 1.54) is 0 Å². The lowest BCUT2D eigenvalue weighted by molar-refractivity contribution is 0.0230. The average Bonchev–Trinajstić information content (AvgIpc) is 2.90. The van der Waals surface area contributed by atoms with Crippen LogP contribution >= 0.6 is 0 Å². The van der Waals surface area contributed by atoms with Crippen molar-refractivity contribution in [2.75, 3.05) is 26.4 Å². The van der Waals surface area contributed by atoms with E-state index in [1.54, 1.807) is 0 Å². The van der Waals surface area contributed by atoms with E-state index in [4.69, 9.17) is 34.2 Å². The molecular formula is C16H32O8Si4. The van der Waals surface area contributed by atoms with Crippen LogP contribution in [0.2, 0.25) is 24.2 Å². The van der Waals surface area contributed by atoms with Crippen LogP contribution in [0.3, 0.4) is 0 Å². The Hall–Kier alpha value is 0.0275. The number of hydrogen-bond donors (Lipinski definition) is 0. The van der Waals surface area contributed by atoms with Crippen molar-refractivity contribution in [1.29, 1.82) is 0 Å². The maximum absolute atomic E-state index is 6.71. The third kappa shape index (κ3) is 4.84. The lowest BCUT2D eigenvalue weighted by Gasteiger charge is -2.48. The molecule has 0 N–H and O–H groups in total. The molecule has 28 heavy (non-hydrogen) atoms. The first-order valence-electron chi connectivity index (χ1n) is 10.1. The Labute approximate surface area is 172 Å². The molecule has 3 aliphatic heterocycles. The normalized spacial score (nSPS) is 40.4. The van der Waals surface area contributed by atoms with Gasteiger partial charge in [-0.2, -0.15) is 0 Å². The summed E-state index contributed by atoms with van der Waals surface area (Å²) in [4.78, 5) is 0. The molecule has 3 heterocycles. The van der Waals surface area contributed by atoms with Gasteiger partial charge in [-0.05, 0) is 27.7 Å². The maximum Gasteiger partial charge on any atom is 0.490 e. The molecule has 1 fully saturated rings. The molecule has 0 radical (unpaired) electrons. The molecule has 0 aromatic heterocycles. The first-order chi connectivity index (χ1) is 13.5. The molecule has 8 nitrogen and oxygen atoms in total. The van der Waals surface area contributed by atoms with Gasteiger partial charge in [-0.25, -0.2) is 0 Å². The van der Waals surface area contributed by atoms with E-state index in [0.717, 1.165) is 0 Å². The first kappa shape index (κ1) is 22.7. The van der Waals surface area contributed by atoms with Crippen LogP contribution in [0.15, 0.2) is 24.3 Å². The standard InChI is InChI=1S/C16H32O8Si4/c1-5-17-25-13-9-10-14-26(21-25,18-6-2)24-28(20-8-4)16-12-11-15-27(22-28,23-25)19-7-3/h9-12H,5-8,13-16H2,1-4H3. The van der Waals surface area contributed by atoms with E-state index in [0.29, 0.717) is 50.6 Å². The average molecular weight is 465 g/mol. The van der Waals surface area contributed by atoms with E-state index in [9.17, 15) is 0 Å². The SMILES string of the molecule is CCO[Si]12CC=CC[Si](OCC)(O1)O[Si]1(OCC)CC=CC[Si](OCC)(O1)O2. The summed E-state index contributed by atoms with van der Waals surface area (Å²) < 4.78 is 51.4. The Morgan fingerprint density at radius 2 is 0.714 bits per heavy atom. The van der Waals surface area contributed by atoms with Crippen molar-refractivity contribution < 1.29 is 34.2 Å². The maximum atomic E-state index is 6.71. The van der Waals surface area contributed by atoms with Gasteiger partial charge in [0.05, 0.1) is 0 Å². The van der Waals surface area contributed by atoms with Gasteiger partial charge in [0.2, 0.25) is 0 Å². The summed E-state index contributed by atoms with van der Waals surface area (Å²) in [5.41, 5.74) is 0. The van der Waals surface area contributed by atoms with Crippen LogP contribution in [0, 0.1) is 0 Å². The van der Waals surface area contributed by atoms with Crippen LogP contribution < -0.4 is 0 Å². The molecule has 0 unspecified atom stereocenters. The zero-order chi connectivity index (χ0) is 20.1. The van der Waals surface area contributed by atoms with Crippen LogP contribution in [0.25, 0.3) is 0 Å². The zero-order valence-corrected chi connectivity index (χ0v) is 21.2. The van der Waals surface area contributed by atoms with E-state index in [1.807, 2.05) is 27.7 Å². The highest BCUT2D eigenvalue weighted by Gasteiger charge is 2.68. The van der Waals surface area contributed by atoms with Crippen molar-refractivity contribution in [2.24, 2.45) is 0 Å². The summed E-state index contributed by atoms with van der Waals surface area (Å²) in [5.74, 6) is 0. The smallest absolute Gasteiger partial charge is 0.374 e. The van der Waals surface area contributed by atoms with Crippen molar-refractivity contribution >= 4 is 35.2 Å². The third-order valence-electron chi connectivity index (χ3n) is 4.51. The van der Waals surface area contributed by atoms with E-state index in [-0.39, 0.29) is 0 Å². The summed E-state index contributed by atoms with van der Waals surface area (Å²) in [5, 5.41) is 0. The van der Waals surface area contributed by atoms with Crippen molar-refractivity contribution in [3.63, 3.8) is 0 Å². The number of rotatable bonds is 8. The minimum absolute atomic E-state index is 0.469. The zero-order valence-electron chi connectivity index (χ0n) is 17.2. The van der Waals surface area contributed by atoms with Crippen molar-refractivity contribution in [3.8, 4) is 0 Å². The van der Waals surface area contributed by atoms with Gasteiger partial charge in [0.15, 0.2) is 0 Å². The molecule has 160 valence electrons. The monoisotopic (exact) mass is 464 g/mol. The molecule has 0 aliphatic carbocycles. The molecule has 12 heteroatoms. The molecular weight excluding hydrogens is 433 g/mol. The summed E-state index contributed by atoms with van der Waals surface area (Å²) in [7, 11) is -12.7. The molecule has 1 saturated heterocycles. The Balaban J connectivity index is 2.12. The van der Waals surface area contributed by atoms with Crippen LogP contribution in [0.4, 0.5) is 0 Å². The first-order valence-corrected chi connectivity index (χ1v) is 17.9. The largest absolute Gasteiger partial charge is 0.490 e. The predicted octanol–water partition coefficient (Wildman–Crippen LogP) is 3.11. The van der Waals surface area contributed by atoms with Gasteiger partial charge in [0.25, 0.3) is 0 Å².